The van der Waals surface area contributed by atoms with Gasteiger partial charge in [0.1, 0.15) is 6.26 Å². The molecule has 182 valence electrons. The molecule has 2 aromatic carbocycles. The molecule has 0 fully saturated rings. The molecule has 1 aromatic heterocycles. The van der Waals surface area contributed by atoms with Crippen LogP contribution < -0.4 is 5.32 Å². The van der Waals surface area contributed by atoms with Gasteiger partial charge in [0.05, 0.1) is 11.4 Å². The van der Waals surface area contributed by atoms with E-state index < -0.39 is 23.9 Å². The van der Waals surface area contributed by atoms with Gasteiger partial charge in [0.25, 0.3) is 0 Å². The molecule has 3 aromatic rings. The first-order valence-electron chi connectivity index (χ1n) is 10.9. The smallest absolute Gasteiger partial charge is 0.335 e. The van der Waals surface area contributed by atoms with Crippen molar-refractivity contribution in [2.45, 2.75) is 49.6 Å². The molecule has 1 heterocycles. The summed E-state index contributed by atoms with van der Waals surface area (Å²) < 4.78 is 29.1. The molecule has 34 heavy (non-hydrogen) atoms. The lowest BCUT2D eigenvalue weighted by molar-refractivity contribution is -0.116. The van der Waals surface area contributed by atoms with Crippen molar-refractivity contribution in [1.29, 1.82) is 0 Å². The number of hydrogen-bond donors (Lipinski definition) is 3. The zero-order valence-electron chi connectivity index (χ0n) is 19.4. The third kappa shape index (κ3) is 5.62. The maximum absolute atomic E-state index is 12.5. The van der Waals surface area contributed by atoms with Crippen LogP contribution in [0.15, 0.2) is 64.1 Å². The van der Waals surface area contributed by atoms with Crippen LogP contribution in [0.5, 0.6) is 0 Å². The van der Waals surface area contributed by atoms with Gasteiger partial charge in [0, 0.05) is 23.2 Å². The van der Waals surface area contributed by atoms with Gasteiger partial charge in [0.15, 0.2) is 10.7 Å². The van der Waals surface area contributed by atoms with E-state index in [1.165, 1.54) is 0 Å². The van der Waals surface area contributed by atoms with E-state index in [-0.39, 0.29) is 12.3 Å². The molecule has 0 bridgehead atoms. The highest BCUT2D eigenvalue weighted by Crippen LogP contribution is 2.60. The lowest BCUT2D eigenvalue weighted by Crippen LogP contribution is -2.24. The van der Waals surface area contributed by atoms with Crippen molar-refractivity contribution in [2.24, 2.45) is 0 Å². The molecule has 0 aliphatic carbocycles. The third-order valence-corrected chi connectivity index (χ3v) is 9.09. The van der Waals surface area contributed by atoms with E-state index in [9.17, 15) is 23.7 Å². The van der Waals surface area contributed by atoms with Gasteiger partial charge in [-0.1, -0.05) is 31.1 Å². The first-order chi connectivity index (χ1) is 16.1. The molecule has 0 radical (unpaired) electrons. The highest BCUT2D eigenvalue weighted by Gasteiger charge is 2.45. The van der Waals surface area contributed by atoms with E-state index in [2.05, 4.69) is 10.5 Å². The van der Waals surface area contributed by atoms with Crippen LogP contribution >= 0.6 is 7.60 Å². The first-order valence-corrected chi connectivity index (χ1v) is 14.1. The number of rotatable bonds is 10. The Hall–Kier alpha value is -2.42. The Balaban J connectivity index is 1.64. The lowest BCUT2D eigenvalue weighted by Gasteiger charge is -2.33. The van der Waals surface area contributed by atoms with Crippen molar-refractivity contribution in [3.05, 3.63) is 65.9 Å². The van der Waals surface area contributed by atoms with Gasteiger partial charge >= 0.3 is 7.60 Å². The minimum absolute atomic E-state index is 0.198. The zero-order valence-corrected chi connectivity index (χ0v) is 21.1. The lowest BCUT2D eigenvalue weighted by atomic mass is 9.92. The Kier molecular flexibility index (Phi) is 8.38. The van der Waals surface area contributed by atoms with Crippen LogP contribution in [-0.4, -0.2) is 31.7 Å². The standard InChI is InChI=1S/C24H29N2O6PS/c1-4-24(5-2,33(28,29)30)19-9-11-20(12-10-19)26-22(27)15-8-18-16-25-32-23(18)17-6-13-21(14-7-17)34(3)31/h6-7,9-14,16H,4-5,8,15H2,1-3H3,(H,26,27)(H2,28,29,30). The van der Waals surface area contributed by atoms with Gasteiger partial charge in [-0.25, -0.2) is 0 Å². The molecule has 1 atom stereocenters. The molecule has 1 unspecified atom stereocenters. The Morgan fingerprint density at radius 3 is 2.26 bits per heavy atom. The van der Waals surface area contributed by atoms with Crippen molar-refractivity contribution < 1.29 is 28.2 Å². The molecule has 0 aliphatic heterocycles. The molecule has 1 amide bonds. The van der Waals surface area contributed by atoms with Crippen LogP contribution in [0.1, 0.15) is 44.2 Å². The predicted molar refractivity (Wildman–Crippen MR) is 132 cm³/mol. The molecular formula is C24H29N2O6PS. The second kappa shape index (κ2) is 10.9. The number of aryl methyl sites for hydroxylation is 1. The van der Waals surface area contributed by atoms with Crippen molar-refractivity contribution in [3.63, 3.8) is 0 Å². The van der Waals surface area contributed by atoms with Gasteiger partial charge in [-0.15, -0.1) is 0 Å². The summed E-state index contributed by atoms with van der Waals surface area (Å²) in [6.07, 6.45) is 4.42. The average Bonchev–Trinajstić information content (AvgIpc) is 3.28. The summed E-state index contributed by atoms with van der Waals surface area (Å²) in [5.74, 6) is 0.363. The van der Waals surface area contributed by atoms with Gasteiger partial charge in [0.2, 0.25) is 5.91 Å². The molecule has 8 nitrogen and oxygen atoms in total. The molecule has 0 spiro atoms. The Bertz CT molecular complexity index is 1150. The van der Waals surface area contributed by atoms with E-state index in [0.29, 0.717) is 41.2 Å². The molecule has 3 rings (SSSR count). The highest BCUT2D eigenvalue weighted by molar-refractivity contribution is 7.90. The van der Waals surface area contributed by atoms with E-state index in [1.807, 2.05) is 12.1 Å². The number of amides is 1. The number of nitrogens with one attached hydrogen (secondary N) is 1. The van der Waals surface area contributed by atoms with Crippen molar-refractivity contribution >= 4 is 30.4 Å². The SMILES string of the molecule is CCC(CC)(c1ccc(NC(=O)CCc2cnoc2-c2ccc([S+](C)[O-])cc2)cc1)P(=O)(O)O. The first kappa shape index (κ1) is 26.2. The fourth-order valence-corrected chi connectivity index (χ4v) is 5.88. The number of hydrogen-bond acceptors (Lipinski definition) is 5. The van der Waals surface area contributed by atoms with Gasteiger partial charge in [-0.3, -0.25) is 9.36 Å². The minimum atomic E-state index is -4.37. The normalized spacial score (nSPS) is 13.0. The molecule has 10 heteroatoms. The fourth-order valence-electron chi connectivity index (χ4n) is 4.05. The number of aromatic nitrogens is 1. The summed E-state index contributed by atoms with van der Waals surface area (Å²) in [4.78, 5) is 33.1. The monoisotopic (exact) mass is 504 g/mol. The van der Waals surface area contributed by atoms with E-state index in [0.717, 1.165) is 11.1 Å². The van der Waals surface area contributed by atoms with Crippen LogP contribution in [0.25, 0.3) is 11.3 Å². The molecule has 3 N–H and O–H groups in total. The third-order valence-electron chi connectivity index (χ3n) is 6.15. The molecule has 0 aliphatic rings. The van der Waals surface area contributed by atoms with E-state index >= 15 is 0 Å². The van der Waals surface area contributed by atoms with Gasteiger partial charge < -0.3 is 24.2 Å². The summed E-state index contributed by atoms with van der Waals surface area (Å²) in [7, 11) is -4.37. The number of carbonyl (C=O) groups excluding carboxylic acids is 1. The topological polar surface area (TPSA) is 136 Å². The van der Waals surface area contributed by atoms with Crippen LogP contribution in [0, 0.1) is 0 Å². The second-order valence-electron chi connectivity index (χ2n) is 8.07. The number of anilines is 1. The largest absolute Gasteiger partial charge is 0.612 e. The number of carbonyl (C=O) groups is 1. The van der Waals surface area contributed by atoms with Crippen LogP contribution in [-0.2, 0) is 32.1 Å². The molecule has 0 saturated carbocycles. The number of benzene rings is 2. The maximum atomic E-state index is 12.5. The van der Waals surface area contributed by atoms with Crippen LogP contribution in [0.4, 0.5) is 5.69 Å². The fraction of sp³-hybridized carbons (Fsp3) is 0.333. The van der Waals surface area contributed by atoms with E-state index in [1.54, 1.807) is 62.7 Å². The Morgan fingerprint density at radius 1 is 1.12 bits per heavy atom. The Labute approximate surface area is 202 Å². The highest BCUT2D eigenvalue weighted by atomic mass is 32.2. The summed E-state index contributed by atoms with van der Waals surface area (Å²) >= 11 is -1.07. The van der Waals surface area contributed by atoms with Gasteiger partial charge in [-0.05, 0) is 72.4 Å². The van der Waals surface area contributed by atoms with E-state index in [4.69, 9.17) is 4.52 Å². The summed E-state index contributed by atoms with van der Waals surface area (Å²) in [5, 5.41) is 5.44. The summed E-state index contributed by atoms with van der Waals surface area (Å²) in [6.45, 7) is 3.52. The predicted octanol–water partition coefficient (Wildman–Crippen LogP) is 4.84. The number of nitrogens with zero attached hydrogens (tertiary/aromatic N) is 1. The van der Waals surface area contributed by atoms with Crippen molar-refractivity contribution in [3.8, 4) is 11.3 Å². The maximum Gasteiger partial charge on any atom is 0.335 e. The molecular weight excluding hydrogens is 475 g/mol. The van der Waals surface area contributed by atoms with Crippen molar-refractivity contribution in [2.75, 3.05) is 11.6 Å². The van der Waals surface area contributed by atoms with Crippen LogP contribution in [0.3, 0.4) is 0 Å². The Morgan fingerprint density at radius 2 is 1.74 bits per heavy atom. The van der Waals surface area contributed by atoms with Gasteiger partial charge in [-0.2, -0.15) is 0 Å². The van der Waals surface area contributed by atoms with Crippen molar-refractivity contribution in [1.82, 2.24) is 5.16 Å². The zero-order chi connectivity index (χ0) is 24.9. The summed E-state index contributed by atoms with van der Waals surface area (Å²) in [5.41, 5.74) is 2.68. The summed E-state index contributed by atoms with van der Waals surface area (Å²) in [6, 6.07) is 13.8. The van der Waals surface area contributed by atoms with Crippen LogP contribution in [0.2, 0.25) is 0 Å². The average molecular weight is 505 g/mol. The minimum Gasteiger partial charge on any atom is -0.612 e. The second-order valence-corrected chi connectivity index (χ2v) is 11.4. The molecule has 0 saturated heterocycles. The quantitative estimate of drug-likeness (QED) is 0.265.